The molecule has 0 aromatic rings. The van der Waals surface area contributed by atoms with Crippen LogP contribution in [0.3, 0.4) is 0 Å². The minimum absolute atomic E-state index is 0.386. The van der Waals surface area contributed by atoms with E-state index in [4.69, 9.17) is 15.2 Å². The fraction of sp³-hybridized carbons (Fsp3) is 1.00. The normalized spacial score (nSPS) is 26.6. The third kappa shape index (κ3) is 5.34. The highest BCUT2D eigenvalue weighted by atomic mass is 16.5. The molecular formula is C13H28N2O2. The van der Waals surface area contributed by atoms with Crippen LogP contribution in [0.4, 0.5) is 0 Å². The summed E-state index contributed by atoms with van der Waals surface area (Å²) in [6, 6.07) is 0.455. The molecule has 0 radical (unpaired) electrons. The number of ether oxygens (including phenoxy) is 2. The average Bonchev–Trinajstić information content (AvgIpc) is 2.34. The van der Waals surface area contributed by atoms with Crippen LogP contribution in [0, 0.1) is 5.92 Å². The molecule has 2 atom stereocenters. The van der Waals surface area contributed by atoms with Gasteiger partial charge in [-0.2, -0.15) is 0 Å². The lowest BCUT2D eigenvalue weighted by Gasteiger charge is -2.38. The van der Waals surface area contributed by atoms with E-state index in [1.807, 2.05) is 0 Å². The van der Waals surface area contributed by atoms with Crippen molar-refractivity contribution in [3.8, 4) is 0 Å². The first-order chi connectivity index (χ1) is 8.17. The van der Waals surface area contributed by atoms with Crippen molar-refractivity contribution in [1.82, 2.24) is 4.90 Å². The summed E-state index contributed by atoms with van der Waals surface area (Å²) in [7, 11) is 1.79. The number of hydrogen-bond acceptors (Lipinski definition) is 4. The highest BCUT2D eigenvalue weighted by Gasteiger charge is 2.26. The molecule has 4 nitrogen and oxygen atoms in total. The Balaban J connectivity index is 2.22. The summed E-state index contributed by atoms with van der Waals surface area (Å²) in [6.45, 7) is 8.79. The molecule has 1 heterocycles. The number of rotatable bonds is 7. The third-order valence-electron chi connectivity index (χ3n) is 3.37. The molecule has 1 aliphatic heterocycles. The second-order valence-electron chi connectivity index (χ2n) is 5.28. The molecule has 0 aromatic carbocycles. The lowest BCUT2D eigenvalue weighted by atomic mass is 9.99. The van der Waals surface area contributed by atoms with Crippen LogP contribution in [-0.4, -0.2) is 57.0 Å². The van der Waals surface area contributed by atoms with E-state index in [0.717, 1.165) is 39.1 Å². The van der Waals surface area contributed by atoms with Crippen molar-refractivity contribution in [3.05, 3.63) is 0 Å². The SMILES string of the molecule is COC1CCN(CCOCC(C)C)C(CN)C1. The zero-order valence-corrected chi connectivity index (χ0v) is 11.5. The highest BCUT2D eigenvalue weighted by Crippen LogP contribution is 2.18. The van der Waals surface area contributed by atoms with Crippen LogP contribution in [0.5, 0.6) is 0 Å². The van der Waals surface area contributed by atoms with Gasteiger partial charge in [-0.25, -0.2) is 0 Å². The van der Waals surface area contributed by atoms with E-state index >= 15 is 0 Å². The van der Waals surface area contributed by atoms with Gasteiger partial charge < -0.3 is 15.2 Å². The minimum Gasteiger partial charge on any atom is -0.381 e. The van der Waals surface area contributed by atoms with Crippen molar-refractivity contribution in [2.75, 3.05) is 40.0 Å². The van der Waals surface area contributed by atoms with Crippen molar-refractivity contribution in [2.24, 2.45) is 11.7 Å². The Morgan fingerprint density at radius 1 is 1.41 bits per heavy atom. The molecule has 0 aromatic heterocycles. The molecule has 102 valence electrons. The second kappa shape index (κ2) is 8.03. The van der Waals surface area contributed by atoms with Crippen LogP contribution in [0.2, 0.25) is 0 Å². The van der Waals surface area contributed by atoms with Crippen molar-refractivity contribution in [3.63, 3.8) is 0 Å². The molecular weight excluding hydrogens is 216 g/mol. The van der Waals surface area contributed by atoms with E-state index in [1.165, 1.54) is 0 Å². The predicted molar refractivity (Wildman–Crippen MR) is 70.1 cm³/mol. The smallest absolute Gasteiger partial charge is 0.0599 e. The summed E-state index contributed by atoms with van der Waals surface area (Å²) in [5.74, 6) is 0.611. The van der Waals surface area contributed by atoms with Gasteiger partial charge in [-0.05, 0) is 18.8 Å². The molecule has 0 spiro atoms. The Hall–Kier alpha value is -0.160. The average molecular weight is 244 g/mol. The van der Waals surface area contributed by atoms with Crippen LogP contribution in [0.25, 0.3) is 0 Å². The largest absolute Gasteiger partial charge is 0.381 e. The van der Waals surface area contributed by atoms with Crippen LogP contribution in [0.1, 0.15) is 26.7 Å². The lowest BCUT2D eigenvalue weighted by Crippen LogP contribution is -2.49. The number of nitrogens with zero attached hydrogens (tertiary/aromatic N) is 1. The molecule has 1 aliphatic rings. The lowest BCUT2D eigenvalue weighted by molar-refractivity contribution is -0.000815. The van der Waals surface area contributed by atoms with E-state index in [-0.39, 0.29) is 0 Å². The molecule has 1 saturated heterocycles. The van der Waals surface area contributed by atoms with E-state index in [2.05, 4.69) is 18.7 Å². The van der Waals surface area contributed by atoms with Crippen molar-refractivity contribution >= 4 is 0 Å². The first-order valence-corrected chi connectivity index (χ1v) is 6.72. The minimum atomic E-state index is 0.386. The Bertz CT molecular complexity index is 200. The monoisotopic (exact) mass is 244 g/mol. The summed E-state index contributed by atoms with van der Waals surface area (Å²) >= 11 is 0. The van der Waals surface area contributed by atoms with Crippen molar-refractivity contribution in [1.29, 1.82) is 0 Å². The van der Waals surface area contributed by atoms with Gasteiger partial charge in [0.1, 0.15) is 0 Å². The zero-order valence-electron chi connectivity index (χ0n) is 11.5. The number of likely N-dealkylation sites (tertiary alicyclic amines) is 1. The van der Waals surface area contributed by atoms with Gasteiger partial charge in [0.2, 0.25) is 0 Å². The Morgan fingerprint density at radius 3 is 2.76 bits per heavy atom. The molecule has 0 aliphatic carbocycles. The molecule has 1 rings (SSSR count). The second-order valence-corrected chi connectivity index (χ2v) is 5.28. The molecule has 4 heteroatoms. The maximum Gasteiger partial charge on any atom is 0.0599 e. The van der Waals surface area contributed by atoms with Gasteiger partial charge in [-0.1, -0.05) is 13.8 Å². The first-order valence-electron chi connectivity index (χ1n) is 6.72. The molecule has 0 amide bonds. The Morgan fingerprint density at radius 2 is 2.18 bits per heavy atom. The topological polar surface area (TPSA) is 47.7 Å². The Kier molecular flexibility index (Phi) is 7.04. The highest BCUT2D eigenvalue weighted by molar-refractivity contribution is 4.82. The van der Waals surface area contributed by atoms with Crippen LogP contribution >= 0.6 is 0 Å². The van der Waals surface area contributed by atoms with Gasteiger partial charge in [0, 0.05) is 39.4 Å². The van der Waals surface area contributed by atoms with Gasteiger partial charge in [-0.15, -0.1) is 0 Å². The van der Waals surface area contributed by atoms with Gasteiger partial charge in [0.05, 0.1) is 12.7 Å². The van der Waals surface area contributed by atoms with Gasteiger partial charge in [0.15, 0.2) is 0 Å². The maximum atomic E-state index is 5.82. The van der Waals surface area contributed by atoms with Crippen molar-refractivity contribution < 1.29 is 9.47 Å². The standard InChI is InChI=1S/C13H28N2O2/c1-11(2)10-17-7-6-15-5-4-13(16-3)8-12(15)9-14/h11-13H,4-10,14H2,1-3H3. The fourth-order valence-electron chi connectivity index (χ4n) is 2.32. The zero-order chi connectivity index (χ0) is 12.7. The van der Waals surface area contributed by atoms with E-state index in [0.29, 0.717) is 24.6 Å². The molecule has 1 fully saturated rings. The van der Waals surface area contributed by atoms with Gasteiger partial charge >= 0.3 is 0 Å². The molecule has 2 unspecified atom stereocenters. The fourth-order valence-corrected chi connectivity index (χ4v) is 2.32. The van der Waals surface area contributed by atoms with E-state index in [1.54, 1.807) is 7.11 Å². The molecule has 17 heavy (non-hydrogen) atoms. The predicted octanol–water partition coefficient (Wildman–Crippen LogP) is 1.10. The molecule has 2 N–H and O–H groups in total. The van der Waals surface area contributed by atoms with Crippen LogP contribution in [-0.2, 0) is 9.47 Å². The van der Waals surface area contributed by atoms with Gasteiger partial charge in [0.25, 0.3) is 0 Å². The van der Waals surface area contributed by atoms with Crippen LogP contribution < -0.4 is 5.73 Å². The Labute approximate surface area is 105 Å². The maximum absolute atomic E-state index is 5.82. The summed E-state index contributed by atoms with van der Waals surface area (Å²) < 4.78 is 11.0. The van der Waals surface area contributed by atoms with E-state index < -0.39 is 0 Å². The number of hydrogen-bond donors (Lipinski definition) is 1. The van der Waals surface area contributed by atoms with E-state index in [9.17, 15) is 0 Å². The number of piperidine rings is 1. The summed E-state index contributed by atoms with van der Waals surface area (Å²) in [5, 5.41) is 0. The van der Waals surface area contributed by atoms with Crippen LogP contribution in [0.15, 0.2) is 0 Å². The molecule has 0 saturated carbocycles. The number of nitrogens with two attached hydrogens (primary N) is 1. The summed E-state index contributed by atoms with van der Waals surface area (Å²) in [5.41, 5.74) is 5.82. The van der Waals surface area contributed by atoms with Gasteiger partial charge in [-0.3, -0.25) is 4.90 Å². The van der Waals surface area contributed by atoms with Crippen molar-refractivity contribution in [2.45, 2.75) is 38.8 Å². The first kappa shape index (κ1) is 14.9. The quantitative estimate of drug-likeness (QED) is 0.681. The third-order valence-corrected chi connectivity index (χ3v) is 3.37. The summed E-state index contributed by atoms with van der Waals surface area (Å²) in [4.78, 5) is 2.44. The summed E-state index contributed by atoms with van der Waals surface area (Å²) in [6.07, 6.45) is 2.55. The number of methoxy groups -OCH3 is 1. The molecule has 0 bridgehead atoms.